The molecule has 0 bridgehead atoms. The van der Waals surface area contributed by atoms with Crippen molar-refractivity contribution in [1.29, 1.82) is 0 Å². The van der Waals surface area contributed by atoms with Crippen LogP contribution in [0.15, 0.2) is 12.1 Å². The van der Waals surface area contributed by atoms with Crippen LogP contribution in [0.1, 0.15) is 56.4 Å². The normalized spacial score (nSPS) is 26.5. The molecular formula is C16H19BF2O. The first-order valence-corrected chi connectivity index (χ1v) is 7.53. The molecule has 4 heteroatoms. The largest absolute Gasteiger partial charge is 0.566 e. The lowest BCUT2D eigenvalue weighted by Gasteiger charge is -2.29. The fourth-order valence-corrected chi connectivity index (χ4v) is 3.49. The maximum Gasteiger partial charge on any atom is 0.374 e. The highest BCUT2D eigenvalue weighted by atomic mass is 19.2. The van der Waals surface area contributed by atoms with Crippen LogP contribution in [0, 0.1) is 23.5 Å². The van der Waals surface area contributed by atoms with Crippen molar-refractivity contribution in [1.82, 2.24) is 0 Å². The summed E-state index contributed by atoms with van der Waals surface area (Å²) in [5.41, 5.74) is 0.480. The number of benzene rings is 1. The van der Waals surface area contributed by atoms with Crippen LogP contribution < -0.4 is 4.65 Å². The van der Waals surface area contributed by atoms with Crippen molar-refractivity contribution >= 4 is 8.05 Å². The van der Waals surface area contributed by atoms with Crippen molar-refractivity contribution in [2.45, 2.75) is 50.9 Å². The highest BCUT2D eigenvalue weighted by Gasteiger charge is 2.30. The Balaban J connectivity index is 1.66. The summed E-state index contributed by atoms with van der Waals surface area (Å²) in [6.07, 6.45) is 8.30. The Morgan fingerprint density at radius 1 is 0.950 bits per heavy atom. The summed E-state index contributed by atoms with van der Waals surface area (Å²) in [6, 6.07) is 3.04. The van der Waals surface area contributed by atoms with E-state index in [1.165, 1.54) is 25.3 Å². The molecule has 3 rings (SSSR count). The van der Waals surface area contributed by atoms with Crippen LogP contribution in [0.4, 0.5) is 8.78 Å². The molecule has 0 amide bonds. The van der Waals surface area contributed by atoms with Gasteiger partial charge in [-0.25, -0.2) is 4.39 Å². The first-order chi connectivity index (χ1) is 9.69. The third-order valence-corrected chi connectivity index (χ3v) is 4.85. The Morgan fingerprint density at radius 2 is 1.55 bits per heavy atom. The Morgan fingerprint density at radius 3 is 2.10 bits per heavy atom. The molecule has 0 aromatic heterocycles. The Hall–Kier alpha value is -1.06. The highest BCUT2D eigenvalue weighted by molar-refractivity contribution is 5.99. The van der Waals surface area contributed by atoms with Gasteiger partial charge in [-0.1, -0.05) is 18.9 Å². The molecule has 1 nitrogen and oxygen atoms in total. The van der Waals surface area contributed by atoms with Crippen LogP contribution in [0.5, 0.6) is 5.75 Å². The molecule has 0 aliphatic heterocycles. The van der Waals surface area contributed by atoms with Crippen LogP contribution in [0.3, 0.4) is 0 Å². The predicted octanol–water partition coefficient (Wildman–Crippen LogP) is 4.50. The van der Waals surface area contributed by atoms with E-state index in [4.69, 9.17) is 8.05 Å². The molecule has 1 aromatic carbocycles. The summed E-state index contributed by atoms with van der Waals surface area (Å²) in [7, 11) is 4.91. The van der Waals surface area contributed by atoms with Gasteiger partial charge in [0.25, 0.3) is 0 Å². The minimum absolute atomic E-state index is 0.131. The van der Waals surface area contributed by atoms with Crippen molar-refractivity contribution < 1.29 is 13.4 Å². The van der Waals surface area contributed by atoms with Crippen LogP contribution in [-0.4, -0.2) is 8.05 Å². The molecule has 0 atom stereocenters. The summed E-state index contributed by atoms with van der Waals surface area (Å²) in [5, 5.41) is 0. The van der Waals surface area contributed by atoms with Gasteiger partial charge in [0.1, 0.15) is 5.75 Å². The zero-order chi connectivity index (χ0) is 14.1. The monoisotopic (exact) mass is 276 g/mol. The summed E-state index contributed by atoms with van der Waals surface area (Å²) in [5.74, 6) is -0.117. The minimum Gasteiger partial charge on any atom is -0.566 e. The molecule has 106 valence electrons. The van der Waals surface area contributed by atoms with Gasteiger partial charge < -0.3 is 4.65 Å². The van der Waals surface area contributed by atoms with Gasteiger partial charge in [0.15, 0.2) is 11.6 Å². The van der Waals surface area contributed by atoms with Crippen molar-refractivity contribution in [2.75, 3.05) is 0 Å². The second-order valence-corrected chi connectivity index (χ2v) is 6.30. The lowest BCUT2D eigenvalue weighted by molar-refractivity contribution is 0.294. The van der Waals surface area contributed by atoms with Gasteiger partial charge in [-0.05, 0) is 61.5 Å². The quantitative estimate of drug-likeness (QED) is 0.735. The van der Waals surface area contributed by atoms with Gasteiger partial charge >= 0.3 is 8.05 Å². The number of rotatable bonds is 4. The topological polar surface area (TPSA) is 9.23 Å². The van der Waals surface area contributed by atoms with Gasteiger partial charge in [-0.15, -0.1) is 0 Å². The van der Waals surface area contributed by atoms with Crippen molar-refractivity contribution in [3.8, 4) is 5.75 Å². The summed E-state index contributed by atoms with van der Waals surface area (Å²) in [6.45, 7) is 0. The van der Waals surface area contributed by atoms with Gasteiger partial charge in [-0.2, -0.15) is 4.39 Å². The van der Waals surface area contributed by atoms with E-state index in [2.05, 4.69) is 4.65 Å². The average molecular weight is 276 g/mol. The molecular weight excluding hydrogens is 257 g/mol. The van der Waals surface area contributed by atoms with Crippen LogP contribution >= 0.6 is 0 Å². The molecule has 0 heterocycles. The highest BCUT2D eigenvalue weighted by Crippen LogP contribution is 2.44. The van der Waals surface area contributed by atoms with Crippen molar-refractivity contribution in [3.63, 3.8) is 0 Å². The molecule has 0 saturated heterocycles. The molecule has 2 aliphatic carbocycles. The van der Waals surface area contributed by atoms with Crippen LogP contribution in [0.2, 0.25) is 0 Å². The number of halogens is 2. The Bertz CT molecular complexity index is 480. The van der Waals surface area contributed by atoms with E-state index in [1.54, 1.807) is 6.07 Å². The van der Waals surface area contributed by atoms with Crippen LogP contribution in [0.25, 0.3) is 0 Å². The van der Waals surface area contributed by atoms with Gasteiger partial charge in [-0.3, -0.25) is 0 Å². The van der Waals surface area contributed by atoms with E-state index < -0.39 is 11.6 Å². The van der Waals surface area contributed by atoms with E-state index in [1.807, 2.05) is 0 Å². The zero-order valence-corrected chi connectivity index (χ0v) is 11.6. The lowest BCUT2D eigenvalue weighted by Crippen LogP contribution is -2.15. The predicted molar refractivity (Wildman–Crippen MR) is 74.8 cm³/mol. The molecule has 2 aliphatic rings. The van der Waals surface area contributed by atoms with Gasteiger partial charge in [0, 0.05) is 0 Å². The summed E-state index contributed by atoms with van der Waals surface area (Å²) >= 11 is 0. The number of hydrogen-bond acceptors (Lipinski definition) is 1. The molecule has 2 fully saturated rings. The van der Waals surface area contributed by atoms with E-state index >= 15 is 0 Å². The molecule has 20 heavy (non-hydrogen) atoms. The zero-order valence-electron chi connectivity index (χ0n) is 11.6. The summed E-state index contributed by atoms with van der Waals surface area (Å²) in [4.78, 5) is 0. The number of hydrogen-bond donors (Lipinski definition) is 0. The molecule has 1 aromatic rings. The van der Waals surface area contributed by atoms with E-state index in [9.17, 15) is 8.78 Å². The van der Waals surface area contributed by atoms with Gasteiger partial charge in [0.05, 0.1) is 0 Å². The lowest BCUT2D eigenvalue weighted by atomic mass is 9.77. The Labute approximate surface area is 120 Å². The molecule has 0 spiro atoms. The minimum atomic E-state index is -0.967. The van der Waals surface area contributed by atoms with Gasteiger partial charge in [0.2, 0.25) is 0 Å². The molecule has 2 radical (unpaired) electrons. The second-order valence-electron chi connectivity index (χ2n) is 6.30. The maximum atomic E-state index is 14.0. The first-order valence-electron chi connectivity index (χ1n) is 7.53. The maximum absolute atomic E-state index is 14.0. The fraction of sp³-hybridized carbons (Fsp3) is 0.625. The second kappa shape index (κ2) is 5.75. The molecule has 0 unspecified atom stereocenters. The molecule has 2 saturated carbocycles. The average Bonchev–Trinajstić information content (AvgIpc) is 3.27. The van der Waals surface area contributed by atoms with Crippen molar-refractivity contribution in [3.05, 3.63) is 29.3 Å². The standard InChI is InChI=1S/C16H19BF2O/c17-20-14-8-7-13(15(18)16(14)19)12-5-3-11(4-6-12)9-10-1-2-10/h7-8,10-12H,1-6,9H2. The smallest absolute Gasteiger partial charge is 0.374 e. The third-order valence-electron chi connectivity index (χ3n) is 4.85. The van der Waals surface area contributed by atoms with E-state index in [0.717, 1.165) is 37.5 Å². The first kappa shape index (κ1) is 13.9. The third kappa shape index (κ3) is 2.84. The van der Waals surface area contributed by atoms with E-state index in [0.29, 0.717) is 5.56 Å². The van der Waals surface area contributed by atoms with Crippen molar-refractivity contribution in [2.24, 2.45) is 11.8 Å². The molecule has 0 N–H and O–H groups in total. The Kier molecular flexibility index (Phi) is 4.00. The SMILES string of the molecule is [B]Oc1ccc(C2CCC(CC3CC3)CC2)c(F)c1F. The fourth-order valence-electron chi connectivity index (χ4n) is 3.49. The summed E-state index contributed by atoms with van der Waals surface area (Å²) < 4.78 is 32.1. The van der Waals surface area contributed by atoms with Crippen LogP contribution in [-0.2, 0) is 0 Å². The van der Waals surface area contributed by atoms with E-state index in [-0.39, 0.29) is 11.7 Å².